The standard InChI is InChI=1S/C20H26N2O4/c1-12(2)9-16(19(25)26)22-17(23)11-21-18(24)15-10-20(15)8-7-13-5-3-4-6-14(13)20/h3-6,12,15-16H,7-11H2,1-2H3,(H,21,24)(H,22,23)(H,25,26)/t15?,16-,20?/m0/s1. The molecule has 1 saturated carbocycles. The van der Waals surface area contributed by atoms with Gasteiger partial charge in [-0.15, -0.1) is 0 Å². The van der Waals surface area contributed by atoms with E-state index in [1.165, 1.54) is 11.1 Å². The van der Waals surface area contributed by atoms with E-state index in [9.17, 15) is 19.5 Å². The molecule has 0 aliphatic heterocycles. The lowest BCUT2D eigenvalue weighted by Crippen LogP contribution is -2.46. The normalized spacial score (nSPS) is 24.2. The number of hydrogen-bond acceptors (Lipinski definition) is 3. The molecule has 0 radical (unpaired) electrons. The van der Waals surface area contributed by atoms with Crippen LogP contribution < -0.4 is 10.6 Å². The van der Waals surface area contributed by atoms with E-state index in [1.54, 1.807) is 0 Å². The maximum atomic E-state index is 12.5. The fraction of sp³-hybridized carbons (Fsp3) is 0.550. The first-order valence-corrected chi connectivity index (χ1v) is 9.22. The number of aryl methyl sites for hydroxylation is 1. The Labute approximate surface area is 153 Å². The predicted octanol–water partition coefficient (Wildman–Crippen LogP) is 1.62. The second-order valence-corrected chi connectivity index (χ2v) is 7.88. The lowest BCUT2D eigenvalue weighted by molar-refractivity contribution is -0.142. The fourth-order valence-electron chi connectivity index (χ4n) is 4.17. The van der Waals surface area contributed by atoms with Gasteiger partial charge in [-0.1, -0.05) is 38.1 Å². The summed E-state index contributed by atoms with van der Waals surface area (Å²) in [5.41, 5.74) is 2.53. The molecule has 2 aliphatic carbocycles. The first-order chi connectivity index (χ1) is 12.3. The lowest BCUT2D eigenvalue weighted by atomic mass is 9.95. The Balaban J connectivity index is 1.51. The molecule has 0 bridgehead atoms. The maximum Gasteiger partial charge on any atom is 0.326 e. The zero-order valence-corrected chi connectivity index (χ0v) is 15.2. The summed E-state index contributed by atoms with van der Waals surface area (Å²) in [6.45, 7) is 3.61. The summed E-state index contributed by atoms with van der Waals surface area (Å²) >= 11 is 0. The highest BCUT2D eigenvalue weighted by atomic mass is 16.4. The summed E-state index contributed by atoms with van der Waals surface area (Å²) < 4.78 is 0. The average molecular weight is 358 g/mol. The van der Waals surface area contributed by atoms with Crippen LogP contribution in [0.5, 0.6) is 0 Å². The van der Waals surface area contributed by atoms with Crippen LogP contribution in [-0.2, 0) is 26.2 Å². The molecule has 6 heteroatoms. The van der Waals surface area contributed by atoms with Crippen molar-refractivity contribution in [3.05, 3.63) is 35.4 Å². The Kier molecular flexibility index (Phi) is 5.03. The largest absolute Gasteiger partial charge is 0.480 e. The number of aliphatic carboxylic acids is 1. The van der Waals surface area contributed by atoms with E-state index < -0.39 is 17.9 Å². The number of nitrogens with one attached hydrogen (secondary N) is 2. The van der Waals surface area contributed by atoms with Crippen LogP contribution in [-0.4, -0.2) is 35.5 Å². The van der Waals surface area contributed by atoms with Gasteiger partial charge in [0.15, 0.2) is 0 Å². The minimum Gasteiger partial charge on any atom is -0.480 e. The molecule has 2 aliphatic rings. The van der Waals surface area contributed by atoms with Crippen LogP contribution in [0.25, 0.3) is 0 Å². The molecular formula is C20H26N2O4. The number of carboxylic acids is 1. The molecule has 1 aromatic rings. The summed E-state index contributed by atoms with van der Waals surface area (Å²) in [5.74, 6) is -1.58. The van der Waals surface area contributed by atoms with Gasteiger partial charge in [0.25, 0.3) is 0 Å². The number of carbonyl (C=O) groups is 3. The number of carboxylic acid groups (broad SMARTS) is 1. The van der Waals surface area contributed by atoms with E-state index in [2.05, 4.69) is 22.8 Å². The van der Waals surface area contributed by atoms with Crippen molar-refractivity contribution in [2.24, 2.45) is 11.8 Å². The summed E-state index contributed by atoms with van der Waals surface area (Å²) in [7, 11) is 0. The highest BCUT2D eigenvalue weighted by molar-refractivity contribution is 5.90. The molecule has 1 spiro atoms. The predicted molar refractivity (Wildman–Crippen MR) is 96.6 cm³/mol. The van der Waals surface area contributed by atoms with Crippen LogP contribution in [0.2, 0.25) is 0 Å². The summed E-state index contributed by atoms with van der Waals surface area (Å²) in [6.07, 6.45) is 3.15. The Morgan fingerprint density at radius 1 is 1.27 bits per heavy atom. The van der Waals surface area contributed by atoms with Crippen LogP contribution in [0, 0.1) is 11.8 Å². The third-order valence-electron chi connectivity index (χ3n) is 5.55. The van der Waals surface area contributed by atoms with Crippen LogP contribution in [0.15, 0.2) is 24.3 Å². The van der Waals surface area contributed by atoms with E-state index in [4.69, 9.17) is 0 Å². The molecule has 0 heterocycles. The van der Waals surface area contributed by atoms with Gasteiger partial charge in [-0.3, -0.25) is 9.59 Å². The van der Waals surface area contributed by atoms with Crippen molar-refractivity contribution < 1.29 is 19.5 Å². The van der Waals surface area contributed by atoms with E-state index in [-0.39, 0.29) is 29.7 Å². The zero-order chi connectivity index (χ0) is 18.9. The molecule has 1 aromatic carbocycles. The molecule has 3 N–H and O–H groups in total. The van der Waals surface area contributed by atoms with Crippen molar-refractivity contribution in [3.8, 4) is 0 Å². The summed E-state index contributed by atoms with van der Waals surface area (Å²) in [5, 5.41) is 14.3. The SMILES string of the molecule is CC(C)C[C@H](NC(=O)CNC(=O)C1CC12CCc1ccccc12)C(=O)O. The second-order valence-electron chi connectivity index (χ2n) is 7.88. The molecular weight excluding hydrogens is 332 g/mol. The van der Waals surface area contributed by atoms with Crippen LogP contribution in [0.4, 0.5) is 0 Å². The number of hydrogen-bond donors (Lipinski definition) is 3. The summed E-state index contributed by atoms with van der Waals surface area (Å²) in [4.78, 5) is 35.7. The molecule has 26 heavy (non-hydrogen) atoms. The third kappa shape index (κ3) is 3.59. The minimum atomic E-state index is -1.05. The van der Waals surface area contributed by atoms with E-state index in [0.29, 0.717) is 6.42 Å². The number of benzene rings is 1. The van der Waals surface area contributed by atoms with Crippen molar-refractivity contribution in [1.29, 1.82) is 0 Å². The average Bonchev–Trinajstić information content (AvgIpc) is 3.21. The van der Waals surface area contributed by atoms with E-state index >= 15 is 0 Å². The highest BCUT2D eigenvalue weighted by Gasteiger charge is 2.61. The Morgan fingerprint density at radius 2 is 2.00 bits per heavy atom. The van der Waals surface area contributed by atoms with Gasteiger partial charge >= 0.3 is 5.97 Å². The van der Waals surface area contributed by atoms with Crippen LogP contribution in [0.3, 0.4) is 0 Å². The number of amides is 2. The molecule has 2 unspecified atom stereocenters. The molecule has 6 nitrogen and oxygen atoms in total. The lowest BCUT2D eigenvalue weighted by Gasteiger charge is -2.17. The van der Waals surface area contributed by atoms with Crippen molar-refractivity contribution >= 4 is 17.8 Å². The van der Waals surface area contributed by atoms with E-state index in [0.717, 1.165) is 19.3 Å². The molecule has 0 saturated heterocycles. The number of carbonyl (C=O) groups excluding carboxylic acids is 2. The maximum absolute atomic E-state index is 12.5. The molecule has 2 amide bonds. The molecule has 0 aromatic heterocycles. The van der Waals surface area contributed by atoms with Gasteiger partial charge in [0.2, 0.25) is 11.8 Å². The van der Waals surface area contributed by atoms with Gasteiger partial charge in [-0.05, 0) is 42.7 Å². The second kappa shape index (κ2) is 7.09. The van der Waals surface area contributed by atoms with Gasteiger partial charge in [0.1, 0.15) is 6.04 Å². The van der Waals surface area contributed by atoms with Crippen LogP contribution >= 0.6 is 0 Å². The van der Waals surface area contributed by atoms with Gasteiger partial charge < -0.3 is 15.7 Å². The Hall–Kier alpha value is -2.37. The third-order valence-corrected chi connectivity index (χ3v) is 5.55. The molecule has 3 atom stereocenters. The first-order valence-electron chi connectivity index (χ1n) is 9.22. The van der Waals surface area contributed by atoms with Crippen LogP contribution in [0.1, 0.15) is 44.2 Å². The monoisotopic (exact) mass is 358 g/mol. The number of fused-ring (bicyclic) bond motifs is 2. The first kappa shape index (κ1) is 18.4. The molecule has 1 fully saturated rings. The molecule has 3 rings (SSSR count). The smallest absolute Gasteiger partial charge is 0.326 e. The van der Waals surface area contributed by atoms with Crippen molar-refractivity contribution in [2.75, 3.05) is 6.54 Å². The van der Waals surface area contributed by atoms with Gasteiger partial charge in [-0.2, -0.15) is 0 Å². The Morgan fingerprint density at radius 3 is 2.69 bits per heavy atom. The number of rotatable bonds is 7. The zero-order valence-electron chi connectivity index (χ0n) is 15.2. The van der Waals surface area contributed by atoms with Gasteiger partial charge in [0, 0.05) is 11.3 Å². The van der Waals surface area contributed by atoms with E-state index in [1.807, 2.05) is 26.0 Å². The highest BCUT2D eigenvalue weighted by Crippen LogP contribution is 2.61. The summed E-state index contributed by atoms with van der Waals surface area (Å²) in [6, 6.07) is 7.33. The Bertz CT molecular complexity index is 730. The quantitative estimate of drug-likeness (QED) is 0.690. The van der Waals surface area contributed by atoms with Crippen molar-refractivity contribution in [2.45, 2.75) is 51.0 Å². The van der Waals surface area contributed by atoms with Crippen molar-refractivity contribution in [1.82, 2.24) is 10.6 Å². The minimum absolute atomic E-state index is 0.0571. The van der Waals surface area contributed by atoms with Gasteiger partial charge in [0.05, 0.1) is 6.54 Å². The molecule has 140 valence electrons. The van der Waals surface area contributed by atoms with Gasteiger partial charge in [-0.25, -0.2) is 4.79 Å². The fourth-order valence-corrected chi connectivity index (χ4v) is 4.17. The topological polar surface area (TPSA) is 95.5 Å². The van der Waals surface area contributed by atoms with Crippen molar-refractivity contribution in [3.63, 3.8) is 0 Å².